The van der Waals surface area contributed by atoms with Crippen LogP contribution in [0.4, 0.5) is 4.39 Å². The monoisotopic (exact) mass is 225 g/mol. The van der Waals surface area contributed by atoms with Crippen LogP contribution in [0.5, 0.6) is 5.75 Å². The molecule has 0 spiro atoms. The lowest BCUT2D eigenvalue weighted by Crippen LogP contribution is -2.21. The molecule has 1 rings (SSSR count). The summed E-state index contributed by atoms with van der Waals surface area (Å²) in [6, 6.07) is 4.45. The van der Waals surface area contributed by atoms with Gasteiger partial charge in [0.1, 0.15) is 11.6 Å². The van der Waals surface area contributed by atoms with E-state index in [0.29, 0.717) is 17.2 Å². The molecule has 1 unspecified atom stereocenters. The summed E-state index contributed by atoms with van der Waals surface area (Å²) in [6.07, 6.45) is 0.0410. The van der Waals surface area contributed by atoms with Crippen molar-refractivity contribution in [3.63, 3.8) is 0 Å². The van der Waals surface area contributed by atoms with Gasteiger partial charge in [0.2, 0.25) is 0 Å². The highest BCUT2D eigenvalue weighted by molar-refractivity contribution is 5.36. The highest BCUT2D eigenvalue weighted by atomic mass is 19.1. The SMILES string of the molecule is CC(C)C(C)Oc1cccc(F)c1[C@H](C)N. The Morgan fingerprint density at radius 1 is 1.19 bits per heavy atom. The first kappa shape index (κ1) is 13.0. The van der Waals surface area contributed by atoms with E-state index in [1.54, 1.807) is 19.1 Å². The third kappa shape index (κ3) is 2.95. The molecule has 0 fully saturated rings. The van der Waals surface area contributed by atoms with E-state index < -0.39 is 0 Å². The lowest BCUT2D eigenvalue weighted by Gasteiger charge is -2.21. The van der Waals surface area contributed by atoms with Crippen molar-refractivity contribution in [2.24, 2.45) is 11.7 Å². The van der Waals surface area contributed by atoms with E-state index in [9.17, 15) is 4.39 Å². The molecule has 2 nitrogen and oxygen atoms in total. The van der Waals surface area contributed by atoms with Gasteiger partial charge in [-0.2, -0.15) is 0 Å². The summed E-state index contributed by atoms with van der Waals surface area (Å²) in [6.45, 7) is 7.86. The summed E-state index contributed by atoms with van der Waals surface area (Å²) in [7, 11) is 0. The molecule has 2 N–H and O–H groups in total. The van der Waals surface area contributed by atoms with Crippen LogP contribution in [0.2, 0.25) is 0 Å². The fraction of sp³-hybridized carbons (Fsp3) is 0.538. The fourth-order valence-electron chi connectivity index (χ4n) is 1.40. The number of halogens is 1. The molecule has 1 aromatic rings. The summed E-state index contributed by atoms with van der Waals surface area (Å²) in [5.74, 6) is 0.629. The lowest BCUT2D eigenvalue weighted by molar-refractivity contribution is 0.167. The summed E-state index contributed by atoms with van der Waals surface area (Å²) >= 11 is 0. The summed E-state index contributed by atoms with van der Waals surface area (Å²) in [5.41, 5.74) is 6.20. The standard InChI is InChI=1S/C13H20FNO/c1-8(2)10(4)16-12-7-5-6-11(14)13(12)9(3)15/h5-10H,15H2,1-4H3/t9-,10?/m0/s1. The Hall–Kier alpha value is -1.09. The molecule has 3 heteroatoms. The second kappa shape index (κ2) is 5.30. The van der Waals surface area contributed by atoms with Gasteiger partial charge < -0.3 is 10.5 Å². The molecule has 0 aliphatic rings. The van der Waals surface area contributed by atoms with E-state index in [1.807, 2.05) is 6.92 Å². The first-order valence-corrected chi connectivity index (χ1v) is 5.64. The molecule has 0 aliphatic heterocycles. The van der Waals surface area contributed by atoms with Crippen molar-refractivity contribution in [2.45, 2.75) is 39.8 Å². The largest absolute Gasteiger partial charge is 0.490 e. The number of hydrogen-bond acceptors (Lipinski definition) is 2. The topological polar surface area (TPSA) is 35.2 Å². The molecular weight excluding hydrogens is 205 g/mol. The second-order valence-corrected chi connectivity index (χ2v) is 4.51. The smallest absolute Gasteiger partial charge is 0.131 e. The number of rotatable bonds is 4. The van der Waals surface area contributed by atoms with Crippen molar-refractivity contribution < 1.29 is 9.13 Å². The zero-order valence-electron chi connectivity index (χ0n) is 10.3. The molecule has 0 saturated carbocycles. The van der Waals surface area contributed by atoms with Gasteiger partial charge in [0.25, 0.3) is 0 Å². The average Bonchev–Trinajstić information content (AvgIpc) is 2.16. The third-order valence-corrected chi connectivity index (χ3v) is 2.72. The Kier molecular flexibility index (Phi) is 4.30. The quantitative estimate of drug-likeness (QED) is 0.853. The third-order valence-electron chi connectivity index (χ3n) is 2.72. The Morgan fingerprint density at radius 3 is 2.31 bits per heavy atom. The molecule has 16 heavy (non-hydrogen) atoms. The minimum absolute atomic E-state index is 0.0410. The van der Waals surface area contributed by atoms with Gasteiger partial charge in [0.15, 0.2) is 0 Å². The maximum atomic E-state index is 13.6. The molecule has 0 radical (unpaired) electrons. The van der Waals surface area contributed by atoms with Gasteiger partial charge in [-0.25, -0.2) is 4.39 Å². The van der Waals surface area contributed by atoms with Gasteiger partial charge in [0, 0.05) is 11.6 Å². The van der Waals surface area contributed by atoms with Crippen LogP contribution < -0.4 is 10.5 Å². The van der Waals surface area contributed by atoms with Crippen LogP contribution in [0.15, 0.2) is 18.2 Å². The van der Waals surface area contributed by atoms with Crippen LogP contribution in [0.25, 0.3) is 0 Å². The first-order chi connectivity index (χ1) is 7.43. The van der Waals surface area contributed by atoms with Crippen molar-refractivity contribution in [3.05, 3.63) is 29.6 Å². The van der Waals surface area contributed by atoms with Crippen molar-refractivity contribution in [1.29, 1.82) is 0 Å². The van der Waals surface area contributed by atoms with Crippen molar-refractivity contribution in [3.8, 4) is 5.75 Å². The minimum atomic E-state index is -0.365. The molecule has 90 valence electrons. The maximum absolute atomic E-state index is 13.6. The lowest BCUT2D eigenvalue weighted by atomic mass is 10.1. The number of ether oxygens (including phenoxy) is 1. The molecule has 1 aromatic carbocycles. The number of nitrogens with two attached hydrogens (primary N) is 1. The Balaban J connectivity index is 2.99. The number of benzene rings is 1. The summed E-state index contributed by atoms with van der Waals surface area (Å²) in [5, 5.41) is 0. The average molecular weight is 225 g/mol. The van der Waals surface area contributed by atoms with Crippen LogP contribution in [0.3, 0.4) is 0 Å². The normalized spacial score (nSPS) is 14.9. The van der Waals surface area contributed by atoms with E-state index in [1.165, 1.54) is 6.07 Å². The molecule has 2 atom stereocenters. The predicted molar refractivity (Wildman–Crippen MR) is 63.9 cm³/mol. The molecule has 0 heterocycles. The van der Waals surface area contributed by atoms with Crippen molar-refractivity contribution in [1.82, 2.24) is 0 Å². The Bertz CT molecular complexity index is 350. The number of hydrogen-bond donors (Lipinski definition) is 1. The van der Waals surface area contributed by atoms with Gasteiger partial charge >= 0.3 is 0 Å². The van der Waals surface area contributed by atoms with E-state index in [-0.39, 0.29) is 18.0 Å². The Labute approximate surface area is 96.6 Å². The zero-order chi connectivity index (χ0) is 12.3. The van der Waals surface area contributed by atoms with Crippen LogP contribution >= 0.6 is 0 Å². The van der Waals surface area contributed by atoms with Gasteiger partial charge in [-0.15, -0.1) is 0 Å². The molecule has 0 saturated heterocycles. The summed E-state index contributed by atoms with van der Waals surface area (Å²) < 4.78 is 19.3. The highest BCUT2D eigenvalue weighted by Crippen LogP contribution is 2.28. The molecular formula is C13H20FNO. The van der Waals surface area contributed by atoms with Crippen LogP contribution in [-0.4, -0.2) is 6.10 Å². The van der Waals surface area contributed by atoms with Crippen LogP contribution in [-0.2, 0) is 0 Å². The Morgan fingerprint density at radius 2 is 1.81 bits per heavy atom. The van der Waals surface area contributed by atoms with Gasteiger partial charge in [0.05, 0.1) is 6.10 Å². The van der Waals surface area contributed by atoms with E-state index in [0.717, 1.165) is 0 Å². The predicted octanol–water partition coefficient (Wildman–Crippen LogP) is 3.27. The molecule has 0 aromatic heterocycles. The fourth-order valence-corrected chi connectivity index (χ4v) is 1.40. The van der Waals surface area contributed by atoms with Gasteiger partial charge in [-0.1, -0.05) is 19.9 Å². The maximum Gasteiger partial charge on any atom is 0.131 e. The first-order valence-electron chi connectivity index (χ1n) is 5.64. The van der Waals surface area contributed by atoms with Crippen LogP contribution in [0.1, 0.15) is 39.3 Å². The van der Waals surface area contributed by atoms with E-state index in [2.05, 4.69) is 13.8 Å². The summed E-state index contributed by atoms with van der Waals surface area (Å²) in [4.78, 5) is 0. The highest BCUT2D eigenvalue weighted by Gasteiger charge is 2.16. The minimum Gasteiger partial charge on any atom is -0.490 e. The van der Waals surface area contributed by atoms with Crippen LogP contribution in [0, 0.1) is 11.7 Å². The molecule has 0 aliphatic carbocycles. The molecule has 0 bridgehead atoms. The van der Waals surface area contributed by atoms with Gasteiger partial charge in [-0.05, 0) is 31.9 Å². The van der Waals surface area contributed by atoms with E-state index in [4.69, 9.17) is 10.5 Å². The van der Waals surface area contributed by atoms with E-state index >= 15 is 0 Å². The molecule has 0 amide bonds. The van der Waals surface area contributed by atoms with Gasteiger partial charge in [-0.3, -0.25) is 0 Å². The second-order valence-electron chi connectivity index (χ2n) is 4.51. The van der Waals surface area contributed by atoms with Crippen molar-refractivity contribution in [2.75, 3.05) is 0 Å². The zero-order valence-corrected chi connectivity index (χ0v) is 10.3. The van der Waals surface area contributed by atoms with Crippen molar-refractivity contribution >= 4 is 0 Å².